The van der Waals surface area contributed by atoms with Crippen molar-refractivity contribution in [3.63, 3.8) is 0 Å². The van der Waals surface area contributed by atoms with Crippen LogP contribution >= 0.6 is 12.2 Å². The number of rotatable bonds is 3. The number of hydrogen-bond donors (Lipinski definition) is 3. The summed E-state index contributed by atoms with van der Waals surface area (Å²) >= 11 is 4.87. The summed E-state index contributed by atoms with van der Waals surface area (Å²) in [4.78, 5) is 0.931. The number of benzene rings is 2. The lowest BCUT2D eigenvalue weighted by Crippen LogP contribution is -2.20. The number of hydrogen-bond acceptors (Lipinski definition) is 3. The molecule has 0 fully saturated rings. The molecule has 0 aliphatic rings. The fourth-order valence-electron chi connectivity index (χ4n) is 2.94. The van der Waals surface area contributed by atoms with Gasteiger partial charge in [0.2, 0.25) is 0 Å². The van der Waals surface area contributed by atoms with Gasteiger partial charge in [0.05, 0.1) is 4.99 Å². The molecule has 0 bridgehead atoms. The highest BCUT2D eigenvalue weighted by Gasteiger charge is 2.07. The zero-order valence-corrected chi connectivity index (χ0v) is 20.6. The van der Waals surface area contributed by atoms with Gasteiger partial charge < -0.3 is 20.1 Å². The molecular weight excluding hydrogens is 404 g/mol. The SMILES string of the molecule is C=C(C)c1cc(CC)c(O)cc1O.CNC(=S)C(C)C.Cc1ccc2c(ccn2C)c1. The Kier molecular flexibility index (Phi) is 10.3. The van der Waals surface area contributed by atoms with Crippen molar-refractivity contribution in [2.24, 2.45) is 13.0 Å². The number of aromatic nitrogens is 1. The second kappa shape index (κ2) is 12.2. The summed E-state index contributed by atoms with van der Waals surface area (Å²) < 4.78 is 2.13. The lowest BCUT2D eigenvalue weighted by atomic mass is 10.0. The van der Waals surface area contributed by atoms with E-state index in [0.717, 1.165) is 22.5 Å². The van der Waals surface area contributed by atoms with Crippen molar-refractivity contribution < 1.29 is 10.2 Å². The molecule has 0 spiro atoms. The van der Waals surface area contributed by atoms with Crippen LogP contribution in [0, 0.1) is 12.8 Å². The first-order valence-corrected chi connectivity index (χ1v) is 10.9. The van der Waals surface area contributed by atoms with Crippen molar-refractivity contribution in [3.8, 4) is 11.5 Å². The minimum Gasteiger partial charge on any atom is -0.508 e. The van der Waals surface area contributed by atoms with Crippen LogP contribution in [0.3, 0.4) is 0 Å². The molecule has 3 rings (SSSR count). The van der Waals surface area contributed by atoms with E-state index in [1.807, 2.05) is 20.9 Å². The van der Waals surface area contributed by atoms with Gasteiger partial charge in [0, 0.05) is 43.4 Å². The highest BCUT2D eigenvalue weighted by Crippen LogP contribution is 2.31. The average molecular weight is 441 g/mol. The van der Waals surface area contributed by atoms with Gasteiger partial charge in [0.25, 0.3) is 0 Å². The highest BCUT2D eigenvalue weighted by atomic mass is 32.1. The summed E-state index contributed by atoms with van der Waals surface area (Å²) in [6.07, 6.45) is 2.83. The molecule has 168 valence electrons. The molecule has 31 heavy (non-hydrogen) atoms. The number of nitrogens with zero attached hydrogens (tertiary/aromatic N) is 1. The second-order valence-corrected chi connectivity index (χ2v) is 8.33. The minimum atomic E-state index is 0.0854. The molecule has 0 unspecified atom stereocenters. The fraction of sp³-hybridized carbons (Fsp3) is 0.346. The molecule has 2 aromatic carbocycles. The average Bonchev–Trinajstić information content (AvgIpc) is 3.08. The third-order valence-corrected chi connectivity index (χ3v) is 5.52. The minimum absolute atomic E-state index is 0.0854. The van der Waals surface area contributed by atoms with E-state index in [1.165, 1.54) is 22.5 Å². The fourth-order valence-corrected chi connectivity index (χ4v) is 2.94. The summed E-state index contributed by atoms with van der Waals surface area (Å²) in [6, 6.07) is 11.8. The molecule has 5 heteroatoms. The predicted molar refractivity (Wildman–Crippen MR) is 138 cm³/mol. The van der Waals surface area contributed by atoms with Crippen LogP contribution in [0.4, 0.5) is 0 Å². The first-order valence-electron chi connectivity index (χ1n) is 10.5. The number of fused-ring (bicyclic) bond motifs is 1. The molecule has 1 aromatic heterocycles. The van der Waals surface area contributed by atoms with Gasteiger partial charge in [0.15, 0.2) is 0 Å². The van der Waals surface area contributed by atoms with Crippen LogP contribution in [0.15, 0.2) is 49.2 Å². The maximum Gasteiger partial charge on any atom is 0.126 e. The molecule has 0 amide bonds. The Hall–Kier alpha value is -2.79. The van der Waals surface area contributed by atoms with E-state index in [4.69, 9.17) is 12.2 Å². The second-order valence-electron chi connectivity index (χ2n) is 7.89. The van der Waals surface area contributed by atoms with Gasteiger partial charge in [-0.2, -0.15) is 0 Å². The van der Waals surface area contributed by atoms with E-state index in [9.17, 15) is 10.2 Å². The molecule has 0 atom stereocenters. The Bertz CT molecular complexity index is 1040. The van der Waals surface area contributed by atoms with Crippen molar-refractivity contribution in [2.45, 2.75) is 41.0 Å². The Labute approximate surface area is 192 Å². The van der Waals surface area contributed by atoms with Crippen LogP contribution in [0.25, 0.3) is 16.5 Å². The van der Waals surface area contributed by atoms with Crippen molar-refractivity contribution in [3.05, 3.63) is 65.9 Å². The van der Waals surface area contributed by atoms with Gasteiger partial charge in [-0.1, -0.05) is 51.2 Å². The maximum absolute atomic E-state index is 9.46. The number of phenols is 2. The van der Waals surface area contributed by atoms with E-state index in [1.54, 1.807) is 6.07 Å². The van der Waals surface area contributed by atoms with Gasteiger partial charge in [-0.05, 0) is 61.1 Å². The predicted octanol–water partition coefficient (Wildman–Crippen LogP) is 6.37. The van der Waals surface area contributed by atoms with Crippen molar-refractivity contribution in [2.75, 3.05) is 7.05 Å². The molecule has 0 radical (unpaired) electrons. The Morgan fingerprint density at radius 2 is 1.77 bits per heavy atom. The molecule has 3 N–H and O–H groups in total. The van der Waals surface area contributed by atoms with Gasteiger partial charge in [-0.15, -0.1) is 0 Å². The molecular formula is C26H36N2O2S. The van der Waals surface area contributed by atoms with Crippen molar-refractivity contribution >= 4 is 33.7 Å². The quantitative estimate of drug-likeness (QED) is 0.414. The number of phenolic OH excluding ortho intramolecular Hbond substituents is 2. The van der Waals surface area contributed by atoms with Crippen LogP contribution in [0.1, 0.15) is 44.4 Å². The zero-order chi connectivity index (χ0) is 23.7. The topological polar surface area (TPSA) is 57.4 Å². The van der Waals surface area contributed by atoms with Crippen molar-refractivity contribution in [1.82, 2.24) is 9.88 Å². The summed E-state index contributed by atoms with van der Waals surface area (Å²) in [6.45, 7) is 13.8. The molecule has 0 aliphatic carbocycles. The van der Waals surface area contributed by atoms with E-state index < -0.39 is 0 Å². The number of aromatic hydroxyl groups is 2. The van der Waals surface area contributed by atoms with Crippen LogP contribution in [-0.2, 0) is 13.5 Å². The smallest absolute Gasteiger partial charge is 0.126 e. The van der Waals surface area contributed by atoms with Crippen LogP contribution in [0.2, 0.25) is 0 Å². The summed E-state index contributed by atoms with van der Waals surface area (Å²) in [5.74, 6) is 0.715. The number of allylic oxidation sites excluding steroid dienone is 1. The number of aryl methyl sites for hydroxylation is 3. The Balaban J connectivity index is 0.000000244. The van der Waals surface area contributed by atoms with Crippen LogP contribution in [0.5, 0.6) is 11.5 Å². The van der Waals surface area contributed by atoms with Crippen molar-refractivity contribution in [1.29, 1.82) is 0 Å². The molecule has 0 saturated heterocycles. The summed E-state index contributed by atoms with van der Waals surface area (Å²) in [7, 11) is 3.92. The standard InChI is InChI=1S/C11H14O2.C10H11N.C5H11NS/c1-4-8-5-9(7(2)3)11(13)6-10(8)12;1-8-3-4-10-9(7-8)5-6-11(10)2;1-4(2)5(7)6-3/h5-6,12-13H,2,4H2,1,3H3;3-7H,1-2H3;4H,1-3H3,(H,6,7). The maximum atomic E-state index is 9.46. The van der Waals surface area contributed by atoms with E-state index >= 15 is 0 Å². The highest BCUT2D eigenvalue weighted by molar-refractivity contribution is 7.80. The molecule has 3 aromatic rings. The lowest BCUT2D eigenvalue weighted by molar-refractivity contribution is 0.445. The van der Waals surface area contributed by atoms with Gasteiger partial charge >= 0.3 is 0 Å². The molecule has 0 saturated carbocycles. The Morgan fingerprint density at radius 1 is 1.13 bits per heavy atom. The first-order chi connectivity index (χ1) is 14.5. The van der Waals surface area contributed by atoms with Gasteiger partial charge in [-0.3, -0.25) is 0 Å². The van der Waals surface area contributed by atoms with E-state index in [-0.39, 0.29) is 11.5 Å². The normalized spacial score (nSPS) is 10.1. The van der Waals surface area contributed by atoms with E-state index in [0.29, 0.717) is 11.5 Å². The molecule has 1 heterocycles. The third kappa shape index (κ3) is 7.76. The lowest BCUT2D eigenvalue weighted by Gasteiger charge is -2.08. The molecule has 0 aliphatic heterocycles. The first kappa shape index (κ1) is 26.2. The number of thiocarbonyl (C=S) groups is 1. The monoisotopic (exact) mass is 440 g/mol. The van der Waals surface area contributed by atoms with Gasteiger partial charge in [0.1, 0.15) is 11.5 Å². The summed E-state index contributed by atoms with van der Waals surface area (Å²) in [5, 5.41) is 23.1. The zero-order valence-electron chi connectivity index (χ0n) is 19.8. The Morgan fingerprint density at radius 3 is 2.26 bits per heavy atom. The van der Waals surface area contributed by atoms with Crippen LogP contribution < -0.4 is 5.32 Å². The van der Waals surface area contributed by atoms with E-state index in [2.05, 4.69) is 74.7 Å². The van der Waals surface area contributed by atoms with Crippen LogP contribution in [-0.4, -0.2) is 26.8 Å². The van der Waals surface area contributed by atoms with Gasteiger partial charge in [-0.25, -0.2) is 0 Å². The largest absolute Gasteiger partial charge is 0.508 e. The summed E-state index contributed by atoms with van der Waals surface area (Å²) in [5.41, 5.74) is 4.96. The number of nitrogens with one attached hydrogen (secondary N) is 1. The third-order valence-electron chi connectivity index (χ3n) is 4.85. The molecule has 4 nitrogen and oxygen atoms in total.